The highest BCUT2D eigenvalue weighted by Crippen LogP contribution is 2.15. The molecule has 0 aliphatic heterocycles. The van der Waals surface area contributed by atoms with Gasteiger partial charge >= 0.3 is 11.9 Å². The number of aliphatic hydroxyl groups is 1. The lowest BCUT2D eigenvalue weighted by Crippen LogP contribution is -2.63. The van der Waals surface area contributed by atoms with Crippen molar-refractivity contribution in [1.82, 2.24) is 21.7 Å². The summed E-state index contributed by atoms with van der Waals surface area (Å²) in [4.78, 5) is 52.5. The molecule has 0 saturated carbocycles. The third-order valence-corrected chi connectivity index (χ3v) is 9.00. The molecule has 0 aliphatic rings. The quantitative estimate of drug-likeness (QED) is 0.0442. The number of ether oxygens (including phenoxy) is 2. The van der Waals surface area contributed by atoms with Crippen molar-refractivity contribution in [2.75, 3.05) is 0 Å². The van der Waals surface area contributed by atoms with Crippen molar-refractivity contribution in [2.45, 2.75) is 84.0 Å². The van der Waals surface area contributed by atoms with Crippen molar-refractivity contribution in [3.8, 4) is 0 Å². The van der Waals surface area contributed by atoms with Gasteiger partial charge in [0.2, 0.25) is 0 Å². The van der Waals surface area contributed by atoms with Crippen molar-refractivity contribution in [1.29, 1.82) is 0 Å². The van der Waals surface area contributed by atoms with Gasteiger partial charge in [-0.25, -0.2) is 20.4 Å². The smallest absolute Gasteiger partial charge is 0.376 e. The molecule has 0 radical (unpaired) electrons. The van der Waals surface area contributed by atoms with Gasteiger partial charge in [-0.05, 0) is 46.9 Å². The standard InChI is InChI=1S/C43H52N4O7/c1-29(2)37(40(49)42(51)53-27-33-21-13-7-14-22-33)46-44-35(25-31-17-9-5-10-18-31)39(48)36(26-32-19-11-6-12-20-32)45-47-38(30(3)4)41(50)43(52)54-28-34-23-15-8-16-24-34/h5-24,29-30,35-39,44-48H,25-28H2,1-4H3/t35-,36-,37-,38-/m0/s1. The molecule has 0 heterocycles. The van der Waals surface area contributed by atoms with E-state index < -0.39 is 53.8 Å². The van der Waals surface area contributed by atoms with E-state index >= 15 is 0 Å². The largest absolute Gasteiger partial charge is 0.455 e. The first kappa shape index (κ1) is 41.7. The summed E-state index contributed by atoms with van der Waals surface area (Å²) in [5, 5.41) is 12.2. The second-order valence-corrected chi connectivity index (χ2v) is 14.0. The van der Waals surface area contributed by atoms with Gasteiger partial charge in [-0.3, -0.25) is 20.4 Å². The highest BCUT2D eigenvalue weighted by molar-refractivity contribution is 6.36. The maximum Gasteiger partial charge on any atom is 0.376 e. The summed E-state index contributed by atoms with van der Waals surface area (Å²) in [5.74, 6) is -4.07. The lowest BCUT2D eigenvalue weighted by Gasteiger charge is -2.34. The number of nitrogens with one attached hydrogen (secondary N) is 4. The van der Waals surface area contributed by atoms with Crippen LogP contribution in [0.4, 0.5) is 0 Å². The number of carbonyl (C=O) groups excluding carboxylic acids is 4. The van der Waals surface area contributed by atoms with Crippen LogP contribution in [0.1, 0.15) is 49.9 Å². The summed E-state index contributed by atoms with van der Waals surface area (Å²) < 4.78 is 10.7. The minimum atomic E-state index is -1.15. The van der Waals surface area contributed by atoms with E-state index in [9.17, 15) is 24.3 Å². The molecule has 0 amide bonds. The van der Waals surface area contributed by atoms with Crippen LogP contribution in [0.25, 0.3) is 0 Å². The first-order valence-electron chi connectivity index (χ1n) is 18.3. The summed E-state index contributed by atoms with van der Waals surface area (Å²) >= 11 is 0. The van der Waals surface area contributed by atoms with Gasteiger partial charge in [0.15, 0.2) is 0 Å². The topological polar surface area (TPSA) is 155 Å². The predicted molar refractivity (Wildman–Crippen MR) is 206 cm³/mol. The molecule has 0 aromatic heterocycles. The van der Waals surface area contributed by atoms with Crippen LogP contribution in [-0.4, -0.2) is 58.9 Å². The highest BCUT2D eigenvalue weighted by atomic mass is 16.5. The van der Waals surface area contributed by atoms with Crippen LogP contribution in [0.5, 0.6) is 0 Å². The zero-order valence-electron chi connectivity index (χ0n) is 31.3. The van der Waals surface area contributed by atoms with Gasteiger partial charge in [0, 0.05) is 0 Å². The lowest BCUT2D eigenvalue weighted by molar-refractivity contribution is -0.156. The second kappa shape index (κ2) is 21.6. The number of esters is 2. The number of aliphatic hydroxyl groups excluding tert-OH is 1. The molecular weight excluding hydrogens is 684 g/mol. The van der Waals surface area contributed by atoms with E-state index in [1.54, 1.807) is 24.3 Å². The number of Topliss-reactive ketones (excluding diaryl/α,β-unsaturated/α-hetero) is 2. The molecule has 11 heteroatoms. The van der Waals surface area contributed by atoms with E-state index in [1.807, 2.05) is 125 Å². The fourth-order valence-electron chi connectivity index (χ4n) is 5.84. The van der Waals surface area contributed by atoms with Gasteiger partial charge in [-0.15, -0.1) is 0 Å². The van der Waals surface area contributed by atoms with Crippen LogP contribution in [0.15, 0.2) is 121 Å². The van der Waals surface area contributed by atoms with Gasteiger partial charge in [-0.2, -0.15) is 0 Å². The van der Waals surface area contributed by atoms with Crippen LogP contribution in [-0.2, 0) is 54.7 Å². The maximum absolute atomic E-state index is 13.4. The van der Waals surface area contributed by atoms with Gasteiger partial charge in [0.05, 0.1) is 30.3 Å². The minimum absolute atomic E-state index is 0.0382. The van der Waals surface area contributed by atoms with Crippen molar-refractivity contribution in [3.05, 3.63) is 144 Å². The third kappa shape index (κ3) is 13.1. The van der Waals surface area contributed by atoms with E-state index in [0.29, 0.717) is 12.8 Å². The average Bonchev–Trinajstić information content (AvgIpc) is 3.19. The first-order chi connectivity index (χ1) is 26.0. The minimum Gasteiger partial charge on any atom is -0.455 e. The van der Waals surface area contributed by atoms with E-state index in [0.717, 1.165) is 22.3 Å². The van der Waals surface area contributed by atoms with Crippen LogP contribution in [0.2, 0.25) is 0 Å². The third-order valence-electron chi connectivity index (χ3n) is 9.00. The van der Waals surface area contributed by atoms with E-state index in [-0.39, 0.29) is 25.0 Å². The lowest BCUT2D eigenvalue weighted by atomic mass is 9.93. The van der Waals surface area contributed by atoms with Crippen molar-refractivity contribution in [3.63, 3.8) is 0 Å². The summed E-state index contributed by atoms with van der Waals surface area (Å²) in [5.41, 5.74) is 15.8. The molecule has 286 valence electrons. The SMILES string of the molecule is CC(C)[C@H](NN[C@@H](Cc1ccccc1)C(O)[C@H](Cc1ccccc1)NN[C@H](C(=O)C(=O)OCc1ccccc1)C(C)C)C(=O)C(=O)OCc1ccccc1. The Hall–Kier alpha value is -5.04. The van der Waals surface area contributed by atoms with Gasteiger partial charge < -0.3 is 14.6 Å². The molecule has 0 saturated heterocycles. The molecule has 11 nitrogen and oxygen atoms in total. The summed E-state index contributed by atoms with van der Waals surface area (Å²) in [6.07, 6.45) is -0.485. The molecular formula is C43H52N4O7. The van der Waals surface area contributed by atoms with Crippen LogP contribution < -0.4 is 21.7 Å². The Balaban J connectivity index is 1.52. The van der Waals surface area contributed by atoms with E-state index in [4.69, 9.17) is 9.47 Å². The monoisotopic (exact) mass is 736 g/mol. The maximum atomic E-state index is 13.4. The predicted octanol–water partition coefficient (Wildman–Crippen LogP) is 4.43. The van der Waals surface area contributed by atoms with Crippen molar-refractivity contribution in [2.24, 2.45) is 11.8 Å². The van der Waals surface area contributed by atoms with Crippen molar-refractivity contribution >= 4 is 23.5 Å². The first-order valence-corrected chi connectivity index (χ1v) is 18.3. The van der Waals surface area contributed by atoms with Crippen LogP contribution in [0.3, 0.4) is 0 Å². The fraction of sp³-hybridized carbons (Fsp3) is 0.349. The zero-order valence-corrected chi connectivity index (χ0v) is 31.3. The molecule has 0 bridgehead atoms. The molecule has 4 aromatic carbocycles. The number of ketones is 2. The van der Waals surface area contributed by atoms with Gasteiger partial charge in [0.25, 0.3) is 11.6 Å². The summed E-state index contributed by atoms with van der Waals surface area (Å²) in [6.45, 7) is 7.15. The molecule has 4 rings (SSSR count). The molecule has 4 aromatic rings. The number of benzene rings is 4. The molecule has 4 atom stereocenters. The Morgan fingerprint density at radius 1 is 0.481 bits per heavy atom. The molecule has 0 fully saturated rings. The Bertz CT molecular complexity index is 1610. The molecule has 0 spiro atoms. The Morgan fingerprint density at radius 2 is 0.778 bits per heavy atom. The summed E-state index contributed by atoms with van der Waals surface area (Å²) in [6, 6.07) is 33.9. The fourth-order valence-corrected chi connectivity index (χ4v) is 5.84. The van der Waals surface area contributed by atoms with Gasteiger partial charge in [-0.1, -0.05) is 149 Å². The van der Waals surface area contributed by atoms with Gasteiger partial charge in [0.1, 0.15) is 13.2 Å². The second-order valence-electron chi connectivity index (χ2n) is 14.0. The number of rotatable bonds is 22. The number of hydrogen-bond donors (Lipinski definition) is 5. The van der Waals surface area contributed by atoms with Crippen LogP contribution in [0, 0.1) is 11.8 Å². The number of hydrazine groups is 2. The van der Waals surface area contributed by atoms with E-state index in [2.05, 4.69) is 21.7 Å². The molecule has 5 N–H and O–H groups in total. The van der Waals surface area contributed by atoms with Crippen LogP contribution >= 0.6 is 0 Å². The Kier molecular flexibility index (Phi) is 16.7. The molecule has 0 aliphatic carbocycles. The zero-order chi connectivity index (χ0) is 38.9. The molecule has 54 heavy (non-hydrogen) atoms. The average molecular weight is 737 g/mol. The normalized spacial score (nSPS) is 13.6. The Morgan fingerprint density at radius 3 is 1.07 bits per heavy atom. The summed E-state index contributed by atoms with van der Waals surface area (Å²) in [7, 11) is 0. The highest BCUT2D eigenvalue weighted by Gasteiger charge is 2.35. The number of carbonyl (C=O) groups is 4. The van der Waals surface area contributed by atoms with E-state index in [1.165, 1.54) is 0 Å². The van der Waals surface area contributed by atoms with Crippen molar-refractivity contribution < 1.29 is 33.8 Å². The number of hydrogen-bond acceptors (Lipinski definition) is 11. The Labute approximate surface area is 317 Å². The molecule has 0 unspecified atom stereocenters.